The Balaban J connectivity index is 0. The SMILES string of the molecule is C=C/C(C)=C\C=C\O.CC. The highest BCUT2D eigenvalue weighted by molar-refractivity contribution is 5.18. The predicted molar refractivity (Wildman–Crippen MR) is 47.1 cm³/mol. The van der Waals surface area contributed by atoms with Gasteiger partial charge in [-0.2, -0.15) is 0 Å². The normalized spacial score (nSPS) is 10.5. The molecule has 10 heavy (non-hydrogen) atoms. The molecule has 0 saturated heterocycles. The van der Waals surface area contributed by atoms with E-state index in [1.54, 1.807) is 18.2 Å². The molecule has 0 aliphatic carbocycles. The summed E-state index contributed by atoms with van der Waals surface area (Å²) < 4.78 is 0. The van der Waals surface area contributed by atoms with Crippen molar-refractivity contribution in [3.8, 4) is 0 Å². The topological polar surface area (TPSA) is 20.2 Å². The molecule has 0 rings (SSSR count). The van der Waals surface area contributed by atoms with E-state index in [9.17, 15) is 0 Å². The maximum absolute atomic E-state index is 8.15. The average molecular weight is 140 g/mol. The third-order valence-electron chi connectivity index (χ3n) is 0.767. The van der Waals surface area contributed by atoms with E-state index >= 15 is 0 Å². The van der Waals surface area contributed by atoms with Crippen LogP contribution in [0.2, 0.25) is 0 Å². The van der Waals surface area contributed by atoms with Crippen LogP contribution in [0.5, 0.6) is 0 Å². The van der Waals surface area contributed by atoms with Crippen LogP contribution in [-0.4, -0.2) is 5.11 Å². The highest BCUT2D eigenvalue weighted by Gasteiger charge is 1.70. The Morgan fingerprint density at radius 1 is 1.40 bits per heavy atom. The van der Waals surface area contributed by atoms with Crippen molar-refractivity contribution in [3.63, 3.8) is 0 Å². The van der Waals surface area contributed by atoms with Gasteiger partial charge in [-0.3, -0.25) is 0 Å². The molecule has 0 unspecified atom stereocenters. The minimum Gasteiger partial charge on any atom is -0.516 e. The minimum atomic E-state index is 0.993. The summed E-state index contributed by atoms with van der Waals surface area (Å²) in [6.45, 7) is 9.44. The highest BCUT2D eigenvalue weighted by atomic mass is 16.2. The molecule has 0 bridgehead atoms. The van der Waals surface area contributed by atoms with Gasteiger partial charge in [0.25, 0.3) is 0 Å². The molecule has 0 saturated carbocycles. The molecule has 58 valence electrons. The quantitative estimate of drug-likeness (QED) is 0.461. The van der Waals surface area contributed by atoms with E-state index in [1.165, 1.54) is 0 Å². The Kier molecular flexibility index (Phi) is 12.8. The van der Waals surface area contributed by atoms with Gasteiger partial charge in [-0.15, -0.1) is 0 Å². The molecule has 1 N–H and O–H groups in total. The summed E-state index contributed by atoms with van der Waals surface area (Å²) >= 11 is 0. The summed E-state index contributed by atoms with van der Waals surface area (Å²) in [6.07, 6.45) is 6.04. The molecule has 0 aromatic carbocycles. The first-order chi connectivity index (χ1) is 4.81. The van der Waals surface area contributed by atoms with Gasteiger partial charge in [-0.1, -0.05) is 38.2 Å². The largest absolute Gasteiger partial charge is 0.516 e. The second-order valence-corrected chi connectivity index (χ2v) is 1.46. The fraction of sp³-hybridized carbons (Fsp3) is 0.333. The molecule has 0 aliphatic rings. The first-order valence-electron chi connectivity index (χ1n) is 3.41. The zero-order valence-corrected chi connectivity index (χ0v) is 6.96. The Hall–Kier alpha value is -0.980. The average Bonchev–Trinajstić information content (AvgIpc) is 2.04. The van der Waals surface area contributed by atoms with Gasteiger partial charge in [-0.05, 0) is 13.0 Å². The van der Waals surface area contributed by atoms with Crippen LogP contribution in [0.1, 0.15) is 20.8 Å². The van der Waals surface area contributed by atoms with Crippen LogP contribution in [0.15, 0.2) is 36.6 Å². The number of allylic oxidation sites excluding steroid dienone is 4. The minimum absolute atomic E-state index is 0.993. The van der Waals surface area contributed by atoms with Crippen LogP contribution in [0.4, 0.5) is 0 Å². The number of hydrogen-bond donors (Lipinski definition) is 1. The third kappa shape index (κ3) is 10.1. The van der Waals surface area contributed by atoms with Crippen molar-refractivity contribution in [1.82, 2.24) is 0 Å². The zero-order chi connectivity index (χ0) is 8.41. The molecule has 0 atom stereocenters. The summed E-state index contributed by atoms with van der Waals surface area (Å²) in [4.78, 5) is 0. The Bertz CT molecular complexity index is 121. The van der Waals surface area contributed by atoms with Gasteiger partial charge in [0.05, 0.1) is 6.26 Å². The predicted octanol–water partition coefficient (Wildman–Crippen LogP) is 3.22. The first kappa shape index (κ1) is 11.8. The van der Waals surface area contributed by atoms with Crippen LogP contribution >= 0.6 is 0 Å². The van der Waals surface area contributed by atoms with Gasteiger partial charge in [0.2, 0.25) is 0 Å². The second kappa shape index (κ2) is 10.9. The van der Waals surface area contributed by atoms with Crippen molar-refractivity contribution in [3.05, 3.63) is 36.6 Å². The Morgan fingerprint density at radius 2 is 1.90 bits per heavy atom. The van der Waals surface area contributed by atoms with Gasteiger partial charge in [0, 0.05) is 0 Å². The van der Waals surface area contributed by atoms with Crippen LogP contribution in [0, 0.1) is 0 Å². The van der Waals surface area contributed by atoms with Crippen LogP contribution < -0.4 is 0 Å². The summed E-state index contributed by atoms with van der Waals surface area (Å²) in [7, 11) is 0. The molecule has 1 nitrogen and oxygen atoms in total. The fourth-order valence-electron chi connectivity index (χ4n) is 0.263. The van der Waals surface area contributed by atoms with E-state index in [2.05, 4.69) is 6.58 Å². The Morgan fingerprint density at radius 3 is 2.20 bits per heavy atom. The lowest BCUT2D eigenvalue weighted by molar-refractivity contribution is 0.473. The maximum atomic E-state index is 8.15. The third-order valence-corrected chi connectivity index (χ3v) is 0.767. The molecule has 1 heteroatoms. The van der Waals surface area contributed by atoms with E-state index in [-0.39, 0.29) is 0 Å². The van der Waals surface area contributed by atoms with Crippen molar-refractivity contribution in [2.75, 3.05) is 0 Å². The molecule has 0 spiro atoms. The van der Waals surface area contributed by atoms with Gasteiger partial charge < -0.3 is 5.11 Å². The van der Waals surface area contributed by atoms with Crippen molar-refractivity contribution in [2.24, 2.45) is 0 Å². The van der Waals surface area contributed by atoms with E-state index in [4.69, 9.17) is 5.11 Å². The van der Waals surface area contributed by atoms with Crippen molar-refractivity contribution in [1.29, 1.82) is 0 Å². The fourth-order valence-corrected chi connectivity index (χ4v) is 0.263. The van der Waals surface area contributed by atoms with Crippen molar-refractivity contribution >= 4 is 0 Å². The van der Waals surface area contributed by atoms with Gasteiger partial charge in [0.1, 0.15) is 0 Å². The molecule has 0 fully saturated rings. The zero-order valence-electron chi connectivity index (χ0n) is 6.96. The number of aliphatic hydroxyl groups excluding tert-OH is 1. The smallest absolute Gasteiger partial charge is 0.0791 e. The second-order valence-electron chi connectivity index (χ2n) is 1.46. The summed E-state index contributed by atoms with van der Waals surface area (Å²) in [5, 5.41) is 8.15. The molecule has 0 heterocycles. The van der Waals surface area contributed by atoms with E-state index in [0.717, 1.165) is 11.8 Å². The summed E-state index contributed by atoms with van der Waals surface area (Å²) in [5.74, 6) is 0. The monoisotopic (exact) mass is 140 g/mol. The highest BCUT2D eigenvalue weighted by Crippen LogP contribution is 1.91. The van der Waals surface area contributed by atoms with E-state index in [0.29, 0.717) is 0 Å². The van der Waals surface area contributed by atoms with E-state index < -0.39 is 0 Å². The van der Waals surface area contributed by atoms with Gasteiger partial charge in [-0.25, -0.2) is 0 Å². The number of aliphatic hydroxyl groups is 1. The molecule has 0 radical (unpaired) electrons. The molecular formula is C9H16O. The molecule has 0 aromatic heterocycles. The van der Waals surface area contributed by atoms with Gasteiger partial charge in [0.15, 0.2) is 0 Å². The standard InChI is InChI=1S/C7H10O.C2H6/c1-3-7(2)5-4-6-8;1-2/h3-6,8H,1H2,2H3;1-2H3/b6-4+,7-5-;. The summed E-state index contributed by atoms with van der Waals surface area (Å²) in [6, 6.07) is 0. The lowest BCUT2D eigenvalue weighted by atomic mass is 10.3. The first-order valence-corrected chi connectivity index (χ1v) is 3.41. The van der Waals surface area contributed by atoms with Crippen LogP contribution in [-0.2, 0) is 0 Å². The molecule has 0 amide bonds. The molecule has 0 aliphatic heterocycles. The number of hydrogen-bond acceptors (Lipinski definition) is 1. The summed E-state index contributed by atoms with van der Waals surface area (Å²) in [5.41, 5.74) is 1.04. The van der Waals surface area contributed by atoms with E-state index in [1.807, 2.05) is 20.8 Å². The van der Waals surface area contributed by atoms with Crippen molar-refractivity contribution in [2.45, 2.75) is 20.8 Å². The van der Waals surface area contributed by atoms with Crippen molar-refractivity contribution < 1.29 is 5.11 Å². The van der Waals surface area contributed by atoms with Crippen LogP contribution in [0.3, 0.4) is 0 Å². The lowest BCUT2D eigenvalue weighted by Crippen LogP contribution is -1.61. The van der Waals surface area contributed by atoms with Gasteiger partial charge >= 0.3 is 0 Å². The molecular weight excluding hydrogens is 124 g/mol. The molecule has 0 aromatic rings. The Labute approximate surface area is 63.4 Å². The number of rotatable bonds is 2. The van der Waals surface area contributed by atoms with Crippen LogP contribution in [0.25, 0.3) is 0 Å². The maximum Gasteiger partial charge on any atom is 0.0791 e. The lowest BCUT2D eigenvalue weighted by Gasteiger charge is -1.81.